The van der Waals surface area contributed by atoms with Gasteiger partial charge in [-0.15, -0.1) is 0 Å². The lowest BCUT2D eigenvalue weighted by Gasteiger charge is -2.09. The van der Waals surface area contributed by atoms with Gasteiger partial charge in [-0.2, -0.15) is 0 Å². The number of hydrogen-bond acceptors (Lipinski definition) is 3. The van der Waals surface area contributed by atoms with Crippen LogP contribution in [0.2, 0.25) is 0 Å². The molecule has 0 fully saturated rings. The maximum atomic E-state index is 12.4. The molecule has 0 aliphatic heterocycles. The van der Waals surface area contributed by atoms with E-state index in [1.54, 1.807) is 18.2 Å². The second kappa shape index (κ2) is 8.67. The van der Waals surface area contributed by atoms with Gasteiger partial charge in [0.2, 0.25) is 5.91 Å². The first-order valence-corrected chi connectivity index (χ1v) is 8.60. The predicted octanol–water partition coefficient (Wildman–Crippen LogP) is 3.26. The number of hydrogen-bond donors (Lipinski definition) is 2. The normalized spacial score (nSPS) is 10.2. The second-order valence-electron chi connectivity index (χ2n) is 5.94. The number of ether oxygens (including phenoxy) is 1. The van der Waals surface area contributed by atoms with E-state index in [0.717, 1.165) is 16.9 Å². The van der Waals surface area contributed by atoms with Crippen LogP contribution in [0.4, 0.5) is 0 Å². The maximum Gasteiger partial charge on any atom is 0.251 e. The largest absolute Gasteiger partial charge is 0.492 e. The van der Waals surface area contributed by atoms with Crippen LogP contribution in [0.25, 0.3) is 11.1 Å². The van der Waals surface area contributed by atoms with Crippen LogP contribution in [0.3, 0.4) is 0 Å². The van der Waals surface area contributed by atoms with E-state index in [-0.39, 0.29) is 5.91 Å². The Morgan fingerprint density at radius 3 is 2.26 bits per heavy atom. The maximum absolute atomic E-state index is 12.4. The van der Waals surface area contributed by atoms with Gasteiger partial charge < -0.3 is 15.8 Å². The molecule has 2 amide bonds. The van der Waals surface area contributed by atoms with Gasteiger partial charge in [0, 0.05) is 11.1 Å². The Kier molecular flexibility index (Phi) is 5.84. The molecule has 0 bridgehead atoms. The summed E-state index contributed by atoms with van der Waals surface area (Å²) < 4.78 is 5.56. The standard InChI is InChI=1S/C22H20N2O3/c23-21(25)17-11-9-16(10-12-17)18-5-4-6-19(15-18)22(26)24-13-14-27-20-7-2-1-3-8-20/h1-12,15H,13-14H2,(H2,23,25)(H,24,26). The van der Waals surface area contributed by atoms with Crippen molar-refractivity contribution in [3.8, 4) is 16.9 Å². The molecular weight excluding hydrogens is 340 g/mol. The lowest BCUT2D eigenvalue weighted by atomic mass is 10.0. The molecule has 3 aromatic rings. The fourth-order valence-electron chi connectivity index (χ4n) is 2.62. The molecule has 0 radical (unpaired) electrons. The van der Waals surface area contributed by atoms with E-state index in [2.05, 4.69) is 5.32 Å². The first-order chi connectivity index (χ1) is 13.1. The minimum absolute atomic E-state index is 0.165. The van der Waals surface area contributed by atoms with Crippen molar-refractivity contribution in [2.24, 2.45) is 5.73 Å². The third kappa shape index (κ3) is 4.95. The molecular formula is C22H20N2O3. The SMILES string of the molecule is NC(=O)c1ccc(-c2cccc(C(=O)NCCOc3ccccc3)c2)cc1. The topological polar surface area (TPSA) is 81.4 Å². The third-order valence-corrected chi connectivity index (χ3v) is 4.03. The molecule has 0 saturated heterocycles. The van der Waals surface area contributed by atoms with Crippen LogP contribution in [-0.2, 0) is 0 Å². The average molecular weight is 360 g/mol. The quantitative estimate of drug-likeness (QED) is 0.635. The van der Waals surface area contributed by atoms with E-state index in [4.69, 9.17) is 10.5 Å². The summed E-state index contributed by atoms with van der Waals surface area (Å²) >= 11 is 0. The van der Waals surface area contributed by atoms with Crippen LogP contribution >= 0.6 is 0 Å². The third-order valence-electron chi connectivity index (χ3n) is 4.03. The van der Waals surface area contributed by atoms with Crippen molar-refractivity contribution in [1.29, 1.82) is 0 Å². The molecule has 5 nitrogen and oxygen atoms in total. The van der Waals surface area contributed by atoms with E-state index < -0.39 is 5.91 Å². The smallest absolute Gasteiger partial charge is 0.251 e. The number of para-hydroxylation sites is 1. The lowest BCUT2D eigenvalue weighted by Crippen LogP contribution is -2.28. The first-order valence-electron chi connectivity index (χ1n) is 8.60. The first kappa shape index (κ1) is 18.2. The van der Waals surface area contributed by atoms with E-state index in [1.165, 1.54) is 0 Å². The number of primary amides is 1. The molecule has 0 atom stereocenters. The van der Waals surface area contributed by atoms with Gasteiger partial charge in [-0.05, 0) is 47.5 Å². The molecule has 0 unspecified atom stereocenters. The molecule has 136 valence electrons. The highest BCUT2D eigenvalue weighted by molar-refractivity contribution is 5.96. The Labute approximate surface area is 157 Å². The summed E-state index contributed by atoms with van der Waals surface area (Å²) in [6.45, 7) is 0.801. The molecule has 3 aromatic carbocycles. The number of nitrogens with two attached hydrogens (primary N) is 1. The van der Waals surface area contributed by atoms with Gasteiger partial charge in [-0.1, -0.05) is 42.5 Å². The van der Waals surface area contributed by atoms with E-state index >= 15 is 0 Å². The van der Waals surface area contributed by atoms with Gasteiger partial charge >= 0.3 is 0 Å². The summed E-state index contributed by atoms with van der Waals surface area (Å²) in [4.78, 5) is 23.5. The Morgan fingerprint density at radius 1 is 0.815 bits per heavy atom. The van der Waals surface area contributed by atoms with Crippen LogP contribution in [0.1, 0.15) is 20.7 Å². The summed E-state index contributed by atoms with van der Waals surface area (Å²) in [5.74, 6) is 0.142. The minimum atomic E-state index is -0.465. The van der Waals surface area contributed by atoms with Crippen molar-refractivity contribution in [3.63, 3.8) is 0 Å². The van der Waals surface area contributed by atoms with Crippen LogP contribution < -0.4 is 15.8 Å². The Bertz CT molecular complexity index is 922. The summed E-state index contributed by atoms with van der Waals surface area (Å²) in [5, 5.41) is 2.85. The molecule has 0 spiro atoms. The fraction of sp³-hybridized carbons (Fsp3) is 0.0909. The van der Waals surface area contributed by atoms with E-state index in [1.807, 2.05) is 60.7 Å². The molecule has 5 heteroatoms. The summed E-state index contributed by atoms with van der Waals surface area (Å²) in [6, 6.07) is 23.7. The van der Waals surface area contributed by atoms with Gasteiger partial charge in [0.25, 0.3) is 5.91 Å². The highest BCUT2D eigenvalue weighted by atomic mass is 16.5. The van der Waals surface area contributed by atoms with Crippen molar-refractivity contribution in [3.05, 3.63) is 90.0 Å². The van der Waals surface area contributed by atoms with Crippen molar-refractivity contribution >= 4 is 11.8 Å². The highest BCUT2D eigenvalue weighted by Crippen LogP contribution is 2.21. The molecule has 3 rings (SSSR count). The zero-order valence-electron chi connectivity index (χ0n) is 14.7. The van der Waals surface area contributed by atoms with Crippen molar-refractivity contribution < 1.29 is 14.3 Å². The fourth-order valence-corrected chi connectivity index (χ4v) is 2.62. The Balaban J connectivity index is 1.59. The number of carbonyl (C=O) groups is 2. The number of rotatable bonds is 7. The van der Waals surface area contributed by atoms with Gasteiger partial charge in [0.15, 0.2) is 0 Å². The predicted molar refractivity (Wildman–Crippen MR) is 105 cm³/mol. The highest BCUT2D eigenvalue weighted by Gasteiger charge is 2.07. The second-order valence-corrected chi connectivity index (χ2v) is 5.94. The van der Waals surface area contributed by atoms with Gasteiger partial charge in [0.1, 0.15) is 12.4 Å². The van der Waals surface area contributed by atoms with Gasteiger partial charge in [0.05, 0.1) is 6.54 Å². The molecule has 0 aromatic heterocycles. The molecule has 27 heavy (non-hydrogen) atoms. The zero-order valence-corrected chi connectivity index (χ0v) is 14.7. The molecule has 0 saturated carbocycles. The molecule has 0 heterocycles. The van der Waals surface area contributed by atoms with Crippen LogP contribution in [0.5, 0.6) is 5.75 Å². The van der Waals surface area contributed by atoms with Crippen LogP contribution in [0.15, 0.2) is 78.9 Å². The Morgan fingerprint density at radius 2 is 1.56 bits per heavy atom. The van der Waals surface area contributed by atoms with Gasteiger partial charge in [-0.3, -0.25) is 9.59 Å². The van der Waals surface area contributed by atoms with Crippen molar-refractivity contribution in [2.45, 2.75) is 0 Å². The van der Waals surface area contributed by atoms with Crippen molar-refractivity contribution in [1.82, 2.24) is 5.32 Å². The van der Waals surface area contributed by atoms with Crippen molar-refractivity contribution in [2.75, 3.05) is 13.2 Å². The molecule has 0 aliphatic carbocycles. The summed E-state index contributed by atoms with van der Waals surface area (Å²) in [6.07, 6.45) is 0. The van der Waals surface area contributed by atoms with E-state index in [0.29, 0.717) is 24.3 Å². The van der Waals surface area contributed by atoms with Crippen LogP contribution in [0, 0.1) is 0 Å². The minimum Gasteiger partial charge on any atom is -0.492 e. The summed E-state index contributed by atoms with van der Waals surface area (Å²) in [7, 11) is 0. The number of carbonyl (C=O) groups excluding carboxylic acids is 2. The summed E-state index contributed by atoms with van der Waals surface area (Å²) in [5.41, 5.74) is 8.06. The molecule has 0 aliphatic rings. The van der Waals surface area contributed by atoms with Gasteiger partial charge in [-0.25, -0.2) is 0 Å². The number of nitrogens with one attached hydrogen (secondary N) is 1. The number of benzene rings is 3. The Hall–Kier alpha value is -3.60. The zero-order chi connectivity index (χ0) is 19.1. The number of amides is 2. The average Bonchev–Trinajstić information content (AvgIpc) is 2.72. The lowest BCUT2D eigenvalue weighted by molar-refractivity contribution is 0.0946. The monoisotopic (exact) mass is 360 g/mol. The van der Waals surface area contributed by atoms with E-state index in [9.17, 15) is 9.59 Å². The molecule has 3 N–H and O–H groups in total. The van der Waals surface area contributed by atoms with Crippen LogP contribution in [-0.4, -0.2) is 25.0 Å².